The Hall–Kier alpha value is -1.92. The first-order valence-corrected chi connectivity index (χ1v) is 6.16. The van der Waals surface area contributed by atoms with Crippen molar-refractivity contribution in [2.24, 2.45) is 0 Å². The highest BCUT2D eigenvalue weighted by Crippen LogP contribution is 2.36. The number of halogens is 3. The number of anilines is 2. The van der Waals surface area contributed by atoms with Gasteiger partial charge in [0.25, 0.3) is 0 Å². The van der Waals surface area contributed by atoms with Crippen LogP contribution in [0.15, 0.2) is 18.2 Å². The third-order valence-electron chi connectivity index (χ3n) is 3.50. The van der Waals surface area contributed by atoms with Crippen molar-refractivity contribution in [3.05, 3.63) is 23.8 Å². The van der Waals surface area contributed by atoms with Crippen LogP contribution >= 0.6 is 0 Å². The Kier molecular flexibility index (Phi) is 3.31. The lowest BCUT2D eigenvalue weighted by molar-refractivity contribution is -0.137. The quantitative estimate of drug-likeness (QED) is 0.777. The van der Waals surface area contributed by atoms with Crippen LogP contribution in [-0.4, -0.2) is 24.5 Å². The molecule has 110 valence electrons. The van der Waals surface area contributed by atoms with Gasteiger partial charge in [-0.05, 0) is 32.0 Å². The second kappa shape index (κ2) is 4.57. The van der Waals surface area contributed by atoms with Crippen LogP contribution < -0.4 is 16.0 Å². The van der Waals surface area contributed by atoms with E-state index >= 15 is 0 Å². The number of hydrogen-bond acceptors (Lipinski definition) is 3. The number of carbonyl (C=O) groups is 1. The number of amides is 1. The van der Waals surface area contributed by atoms with Crippen molar-refractivity contribution in [3.63, 3.8) is 0 Å². The van der Waals surface area contributed by atoms with Crippen LogP contribution in [0.25, 0.3) is 0 Å². The topological polar surface area (TPSA) is 58.4 Å². The first-order valence-electron chi connectivity index (χ1n) is 6.16. The number of nitrogens with zero attached hydrogens (tertiary/aromatic N) is 1. The Morgan fingerprint density at radius 3 is 2.55 bits per heavy atom. The summed E-state index contributed by atoms with van der Waals surface area (Å²) in [5.74, 6) is -0.178. The van der Waals surface area contributed by atoms with Gasteiger partial charge in [-0.25, -0.2) is 0 Å². The van der Waals surface area contributed by atoms with Gasteiger partial charge in [0.2, 0.25) is 5.91 Å². The van der Waals surface area contributed by atoms with Crippen LogP contribution in [0.4, 0.5) is 24.5 Å². The SMILES string of the molecule is CC1(C)C(=O)NCCN1c1ccc(C(F)(F)F)cc1N. The third kappa shape index (κ3) is 2.39. The van der Waals surface area contributed by atoms with Gasteiger partial charge in [0.05, 0.1) is 16.9 Å². The lowest BCUT2D eigenvalue weighted by Gasteiger charge is -2.43. The maximum absolute atomic E-state index is 12.6. The van der Waals surface area contributed by atoms with Crippen LogP contribution in [0.3, 0.4) is 0 Å². The van der Waals surface area contributed by atoms with E-state index in [1.165, 1.54) is 6.07 Å². The summed E-state index contributed by atoms with van der Waals surface area (Å²) in [4.78, 5) is 13.6. The van der Waals surface area contributed by atoms with Crippen molar-refractivity contribution in [2.75, 3.05) is 23.7 Å². The van der Waals surface area contributed by atoms with Gasteiger partial charge in [0.1, 0.15) is 5.54 Å². The number of alkyl halides is 3. The molecule has 4 nitrogen and oxygen atoms in total. The molecule has 3 N–H and O–H groups in total. The third-order valence-corrected chi connectivity index (χ3v) is 3.50. The van der Waals surface area contributed by atoms with Gasteiger partial charge in [-0.3, -0.25) is 4.79 Å². The first kappa shape index (κ1) is 14.5. The van der Waals surface area contributed by atoms with Crippen molar-refractivity contribution >= 4 is 17.3 Å². The fourth-order valence-corrected chi connectivity index (χ4v) is 2.30. The van der Waals surface area contributed by atoms with Crippen molar-refractivity contribution < 1.29 is 18.0 Å². The van der Waals surface area contributed by atoms with Crippen LogP contribution in [0.5, 0.6) is 0 Å². The van der Waals surface area contributed by atoms with Crippen LogP contribution in [0.2, 0.25) is 0 Å². The normalized spacial score (nSPS) is 18.9. The van der Waals surface area contributed by atoms with E-state index in [0.717, 1.165) is 12.1 Å². The van der Waals surface area contributed by atoms with Crippen LogP contribution in [0, 0.1) is 0 Å². The van der Waals surface area contributed by atoms with Crippen molar-refractivity contribution in [1.82, 2.24) is 5.32 Å². The lowest BCUT2D eigenvalue weighted by Crippen LogP contribution is -2.62. The van der Waals surface area contributed by atoms with Gasteiger partial charge in [0, 0.05) is 13.1 Å². The Bertz CT molecular complexity index is 540. The van der Waals surface area contributed by atoms with E-state index in [9.17, 15) is 18.0 Å². The molecule has 1 aliphatic heterocycles. The van der Waals surface area contributed by atoms with Crippen molar-refractivity contribution in [2.45, 2.75) is 25.6 Å². The molecule has 1 aliphatic rings. The monoisotopic (exact) mass is 287 g/mol. The summed E-state index contributed by atoms with van der Waals surface area (Å²) in [5, 5.41) is 2.73. The van der Waals surface area contributed by atoms with Gasteiger partial charge in [-0.2, -0.15) is 13.2 Å². The molecule has 1 aromatic rings. The minimum absolute atomic E-state index is 0.0163. The van der Waals surface area contributed by atoms with E-state index < -0.39 is 17.3 Å². The number of hydrogen-bond donors (Lipinski definition) is 2. The first-order chi connectivity index (χ1) is 9.14. The molecule has 0 spiro atoms. The summed E-state index contributed by atoms with van der Waals surface area (Å²) in [6.07, 6.45) is -4.43. The van der Waals surface area contributed by atoms with E-state index in [2.05, 4.69) is 5.32 Å². The molecule has 0 radical (unpaired) electrons. The number of benzene rings is 1. The van der Waals surface area contributed by atoms with E-state index in [1.807, 2.05) is 0 Å². The summed E-state index contributed by atoms with van der Waals surface area (Å²) >= 11 is 0. The molecule has 2 rings (SSSR count). The Morgan fingerprint density at radius 2 is 2.00 bits per heavy atom. The zero-order valence-electron chi connectivity index (χ0n) is 11.2. The summed E-state index contributed by atoms with van der Waals surface area (Å²) < 4.78 is 37.9. The van der Waals surface area contributed by atoms with E-state index in [1.54, 1.807) is 18.7 Å². The molecule has 0 aromatic heterocycles. The zero-order chi connectivity index (χ0) is 15.1. The summed E-state index contributed by atoms with van der Waals surface area (Å²) in [7, 11) is 0. The molecule has 1 amide bonds. The predicted molar refractivity (Wildman–Crippen MR) is 70.3 cm³/mol. The minimum atomic E-state index is -4.43. The fourth-order valence-electron chi connectivity index (χ4n) is 2.30. The fraction of sp³-hybridized carbons (Fsp3) is 0.462. The molecule has 1 aromatic carbocycles. The maximum atomic E-state index is 12.6. The number of nitrogen functional groups attached to an aromatic ring is 1. The molecule has 0 atom stereocenters. The Labute approximate surface area is 114 Å². The number of carbonyl (C=O) groups excluding carboxylic acids is 1. The van der Waals surface area contributed by atoms with Gasteiger partial charge >= 0.3 is 6.18 Å². The van der Waals surface area contributed by atoms with E-state index in [4.69, 9.17) is 5.73 Å². The number of piperazine rings is 1. The van der Waals surface area contributed by atoms with Gasteiger partial charge in [-0.1, -0.05) is 0 Å². The molecule has 0 unspecified atom stereocenters. The molecular weight excluding hydrogens is 271 g/mol. The van der Waals surface area contributed by atoms with Crippen molar-refractivity contribution in [3.8, 4) is 0 Å². The van der Waals surface area contributed by atoms with E-state index in [-0.39, 0.29) is 11.6 Å². The average Bonchev–Trinajstić information content (AvgIpc) is 2.32. The number of rotatable bonds is 1. The molecule has 1 fully saturated rings. The molecule has 0 aliphatic carbocycles. The standard InChI is InChI=1S/C13H16F3N3O/c1-12(2)11(20)18-5-6-19(12)10-4-3-8(7-9(10)17)13(14,15)16/h3-4,7H,5-6,17H2,1-2H3,(H,18,20). The Balaban J connectivity index is 2.41. The molecule has 1 heterocycles. The smallest absolute Gasteiger partial charge is 0.397 e. The second-order valence-corrected chi connectivity index (χ2v) is 5.24. The molecule has 7 heteroatoms. The molecule has 20 heavy (non-hydrogen) atoms. The highest BCUT2D eigenvalue weighted by Gasteiger charge is 2.39. The minimum Gasteiger partial charge on any atom is -0.397 e. The lowest BCUT2D eigenvalue weighted by atomic mass is 9.97. The molecule has 0 saturated carbocycles. The Morgan fingerprint density at radius 1 is 1.35 bits per heavy atom. The highest BCUT2D eigenvalue weighted by atomic mass is 19.4. The number of nitrogens with two attached hydrogens (primary N) is 1. The van der Waals surface area contributed by atoms with E-state index in [0.29, 0.717) is 18.8 Å². The van der Waals surface area contributed by atoms with Crippen LogP contribution in [0.1, 0.15) is 19.4 Å². The molecule has 1 saturated heterocycles. The van der Waals surface area contributed by atoms with Gasteiger partial charge in [-0.15, -0.1) is 0 Å². The molecular formula is C13H16F3N3O. The van der Waals surface area contributed by atoms with Gasteiger partial charge < -0.3 is 16.0 Å². The second-order valence-electron chi connectivity index (χ2n) is 5.24. The predicted octanol–water partition coefficient (Wildman–Crippen LogP) is 2.00. The highest BCUT2D eigenvalue weighted by molar-refractivity contribution is 5.91. The maximum Gasteiger partial charge on any atom is 0.416 e. The van der Waals surface area contributed by atoms with Gasteiger partial charge in [0.15, 0.2) is 0 Å². The molecule has 0 bridgehead atoms. The summed E-state index contributed by atoms with van der Waals surface area (Å²) in [6, 6.07) is 3.20. The average molecular weight is 287 g/mol. The summed E-state index contributed by atoms with van der Waals surface area (Å²) in [6.45, 7) is 4.34. The van der Waals surface area contributed by atoms with Crippen molar-refractivity contribution in [1.29, 1.82) is 0 Å². The largest absolute Gasteiger partial charge is 0.416 e. The number of nitrogens with one attached hydrogen (secondary N) is 1. The van der Waals surface area contributed by atoms with Crippen LogP contribution in [-0.2, 0) is 11.0 Å². The summed E-state index contributed by atoms with van der Waals surface area (Å²) in [5.41, 5.74) is 4.55. The zero-order valence-corrected chi connectivity index (χ0v) is 11.2.